The monoisotopic (exact) mass is 299 g/mol. The molecule has 0 aliphatic heterocycles. The lowest BCUT2D eigenvalue weighted by Gasteiger charge is -2.33. The minimum Gasteiger partial charge on any atom is -0.333 e. The Morgan fingerprint density at radius 3 is 2.47 bits per heavy atom. The molecular weight excluding hydrogens is 281 g/mol. The smallest absolute Gasteiger partial charge is 0.255 e. The average Bonchev–Trinajstić information content (AvgIpc) is 2.86. The van der Waals surface area contributed by atoms with Gasteiger partial charge in [-0.1, -0.05) is 42.1 Å². The van der Waals surface area contributed by atoms with Gasteiger partial charge in [-0.2, -0.15) is 0 Å². The third kappa shape index (κ3) is 3.06. The number of amides is 1. The summed E-state index contributed by atoms with van der Waals surface area (Å²) in [5, 5.41) is 0.792. The maximum Gasteiger partial charge on any atom is 0.255 e. The number of halogens is 2. The molecule has 0 N–H and O–H groups in total. The highest BCUT2D eigenvalue weighted by atomic mass is 35.5. The van der Waals surface area contributed by atoms with E-state index in [0.29, 0.717) is 21.7 Å². The van der Waals surface area contributed by atoms with E-state index in [0.717, 1.165) is 12.8 Å². The van der Waals surface area contributed by atoms with Gasteiger partial charge in [-0.05, 0) is 38.8 Å². The summed E-state index contributed by atoms with van der Waals surface area (Å²) >= 11 is 12.2. The number of benzene rings is 1. The molecule has 0 heterocycles. The van der Waals surface area contributed by atoms with Crippen molar-refractivity contribution in [3.63, 3.8) is 0 Å². The van der Waals surface area contributed by atoms with Gasteiger partial charge >= 0.3 is 0 Å². The van der Waals surface area contributed by atoms with E-state index in [9.17, 15) is 4.79 Å². The van der Waals surface area contributed by atoms with Crippen molar-refractivity contribution in [2.24, 2.45) is 0 Å². The van der Waals surface area contributed by atoms with E-state index in [2.05, 4.69) is 13.8 Å². The second kappa shape index (κ2) is 6.15. The van der Waals surface area contributed by atoms with Crippen LogP contribution in [-0.4, -0.2) is 22.9 Å². The number of hydrogen-bond donors (Lipinski definition) is 0. The topological polar surface area (TPSA) is 20.3 Å². The Labute approximate surface area is 124 Å². The molecule has 2 rings (SSSR count). The largest absolute Gasteiger partial charge is 0.333 e. The summed E-state index contributed by atoms with van der Waals surface area (Å²) in [6, 6.07) is 5.74. The molecule has 1 fully saturated rings. The predicted molar refractivity (Wildman–Crippen MR) is 80.0 cm³/mol. The van der Waals surface area contributed by atoms with E-state index >= 15 is 0 Å². The number of hydrogen-bond acceptors (Lipinski definition) is 1. The van der Waals surface area contributed by atoms with E-state index in [1.54, 1.807) is 18.2 Å². The molecule has 19 heavy (non-hydrogen) atoms. The van der Waals surface area contributed by atoms with Crippen molar-refractivity contribution in [3.05, 3.63) is 33.8 Å². The fraction of sp³-hybridized carbons (Fsp3) is 0.533. The highest BCUT2D eigenvalue weighted by Gasteiger charge is 2.30. The summed E-state index contributed by atoms with van der Waals surface area (Å²) in [6.45, 7) is 4.10. The molecule has 0 unspecified atom stereocenters. The second-order valence-electron chi connectivity index (χ2n) is 5.35. The van der Waals surface area contributed by atoms with Gasteiger partial charge in [0, 0.05) is 12.1 Å². The Balaban J connectivity index is 2.31. The zero-order chi connectivity index (χ0) is 14.0. The first kappa shape index (κ1) is 14.7. The van der Waals surface area contributed by atoms with Crippen LogP contribution >= 0.6 is 23.2 Å². The summed E-state index contributed by atoms with van der Waals surface area (Å²) in [6.07, 6.45) is 4.57. The normalized spacial score (nSPS) is 16.1. The molecule has 2 nitrogen and oxygen atoms in total. The number of nitrogens with zero attached hydrogens (tertiary/aromatic N) is 1. The Morgan fingerprint density at radius 1 is 1.26 bits per heavy atom. The van der Waals surface area contributed by atoms with Crippen LogP contribution in [0.4, 0.5) is 0 Å². The van der Waals surface area contributed by atoms with Gasteiger partial charge in [0.15, 0.2) is 0 Å². The van der Waals surface area contributed by atoms with Crippen molar-refractivity contribution in [1.82, 2.24) is 4.90 Å². The van der Waals surface area contributed by atoms with Gasteiger partial charge in [0.25, 0.3) is 5.91 Å². The van der Waals surface area contributed by atoms with E-state index in [4.69, 9.17) is 23.2 Å². The Bertz CT molecular complexity index is 467. The van der Waals surface area contributed by atoms with Crippen LogP contribution in [0.2, 0.25) is 10.0 Å². The number of carbonyl (C=O) groups excluding carboxylic acids is 1. The van der Waals surface area contributed by atoms with Crippen LogP contribution in [0.1, 0.15) is 49.9 Å². The summed E-state index contributed by atoms with van der Waals surface area (Å²) in [5.41, 5.74) is 0.509. The molecule has 4 heteroatoms. The van der Waals surface area contributed by atoms with E-state index < -0.39 is 0 Å². The van der Waals surface area contributed by atoms with Gasteiger partial charge in [-0.3, -0.25) is 4.79 Å². The molecule has 0 bridgehead atoms. The van der Waals surface area contributed by atoms with Crippen LogP contribution < -0.4 is 0 Å². The zero-order valence-electron chi connectivity index (χ0n) is 11.3. The fourth-order valence-electron chi connectivity index (χ4n) is 2.81. The van der Waals surface area contributed by atoms with Gasteiger partial charge in [0.1, 0.15) is 0 Å². The molecule has 1 aliphatic rings. The molecule has 0 atom stereocenters. The predicted octanol–water partition coefficient (Wildman–Crippen LogP) is 4.79. The van der Waals surface area contributed by atoms with Gasteiger partial charge in [-0.15, -0.1) is 0 Å². The van der Waals surface area contributed by atoms with Crippen molar-refractivity contribution >= 4 is 29.1 Å². The molecule has 104 valence electrons. The summed E-state index contributed by atoms with van der Waals surface area (Å²) in [4.78, 5) is 14.7. The fourth-order valence-corrected chi connectivity index (χ4v) is 3.19. The van der Waals surface area contributed by atoms with E-state index in [1.165, 1.54) is 12.8 Å². The molecule has 1 saturated carbocycles. The van der Waals surface area contributed by atoms with Crippen molar-refractivity contribution in [1.29, 1.82) is 0 Å². The van der Waals surface area contributed by atoms with Crippen LogP contribution in [0, 0.1) is 0 Å². The highest BCUT2D eigenvalue weighted by Crippen LogP contribution is 2.31. The number of rotatable bonds is 3. The maximum absolute atomic E-state index is 12.7. The van der Waals surface area contributed by atoms with Gasteiger partial charge in [0.2, 0.25) is 0 Å². The van der Waals surface area contributed by atoms with Crippen molar-refractivity contribution in [2.45, 2.75) is 51.6 Å². The van der Waals surface area contributed by atoms with Crippen LogP contribution in [0.15, 0.2) is 18.2 Å². The molecule has 0 radical (unpaired) electrons. The van der Waals surface area contributed by atoms with Crippen LogP contribution in [0.5, 0.6) is 0 Å². The van der Waals surface area contributed by atoms with E-state index in [1.807, 2.05) is 4.90 Å². The second-order valence-corrected chi connectivity index (χ2v) is 6.13. The molecule has 1 aliphatic carbocycles. The summed E-state index contributed by atoms with van der Waals surface area (Å²) < 4.78 is 0. The third-order valence-corrected chi connectivity index (χ3v) is 4.51. The third-order valence-electron chi connectivity index (χ3n) is 3.69. The van der Waals surface area contributed by atoms with E-state index in [-0.39, 0.29) is 11.9 Å². The lowest BCUT2D eigenvalue weighted by atomic mass is 10.1. The first-order valence-electron chi connectivity index (χ1n) is 6.79. The summed E-state index contributed by atoms with van der Waals surface area (Å²) in [5.74, 6) is -0.00519. The lowest BCUT2D eigenvalue weighted by Crippen LogP contribution is -2.43. The summed E-state index contributed by atoms with van der Waals surface area (Å²) in [7, 11) is 0. The number of carbonyl (C=O) groups is 1. The molecular formula is C15H19Cl2NO. The average molecular weight is 300 g/mol. The first-order valence-corrected chi connectivity index (χ1v) is 7.54. The standard InChI is InChI=1S/C15H19Cl2NO/c1-10(2)18(11-6-3-4-7-11)15(19)12-8-5-9-13(16)14(12)17/h5,8-11H,3-4,6-7H2,1-2H3. The Morgan fingerprint density at radius 2 is 1.89 bits per heavy atom. The first-order chi connectivity index (χ1) is 9.02. The van der Waals surface area contributed by atoms with Crippen molar-refractivity contribution < 1.29 is 4.79 Å². The highest BCUT2D eigenvalue weighted by molar-refractivity contribution is 6.43. The molecule has 1 amide bonds. The molecule has 0 saturated heterocycles. The van der Waals surface area contributed by atoms with Gasteiger partial charge in [-0.25, -0.2) is 0 Å². The quantitative estimate of drug-likeness (QED) is 0.786. The van der Waals surface area contributed by atoms with Crippen LogP contribution in [0.3, 0.4) is 0 Å². The van der Waals surface area contributed by atoms with Gasteiger partial charge in [0.05, 0.1) is 15.6 Å². The van der Waals surface area contributed by atoms with Gasteiger partial charge < -0.3 is 4.90 Å². The molecule has 0 aromatic heterocycles. The molecule has 1 aromatic rings. The Hall–Kier alpha value is -0.730. The maximum atomic E-state index is 12.7. The van der Waals surface area contributed by atoms with Crippen molar-refractivity contribution in [3.8, 4) is 0 Å². The van der Waals surface area contributed by atoms with Crippen LogP contribution in [-0.2, 0) is 0 Å². The molecule has 1 aromatic carbocycles. The molecule has 0 spiro atoms. The van der Waals surface area contributed by atoms with Crippen LogP contribution in [0.25, 0.3) is 0 Å². The minimum atomic E-state index is -0.00519. The lowest BCUT2D eigenvalue weighted by molar-refractivity contribution is 0.0613. The minimum absolute atomic E-state index is 0.00519. The zero-order valence-corrected chi connectivity index (χ0v) is 12.8. The Kier molecular flexibility index (Phi) is 4.75. The van der Waals surface area contributed by atoms with Crippen molar-refractivity contribution in [2.75, 3.05) is 0 Å². The SMILES string of the molecule is CC(C)N(C(=O)c1cccc(Cl)c1Cl)C1CCCC1.